The Bertz CT molecular complexity index is 609. The predicted octanol–water partition coefficient (Wildman–Crippen LogP) is 3.94. The molecule has 2 aromatic rings. The first kappa shape index (κ1) is 15.5. The molecule has 0 aliphatic heterocycles. The van der Waals surface area contributed by atoms with Gasteiger partial charge in [-0.15, -0.1) is 0 Å². The van der Waals surface area contributed by atoms with Crippen LogP contribution in [0.1, 0.15) is 24.2 Å². The van der Waals surface area contributed by atoms with Crippen molar-refractivity contribution in [1.29, 1.82) is 0 Å². The number of benzene rings is 1. The van der Waals surface area contributed by atoms with Gasteiger partial charge in [0.25, 0.3) is 5.91 Å². The van der Waals surface area contributed by atoms with Gasteiger partial charge in [0.1, 0.15) is 5.82 Å². The van der Waals surface area contributed by atoms with Crippen LogP contribution in [0.4, 0.5) is 11.5 Å². The number of nitrogens with zero attached hydrogens (tertiary/aromatic N) is 2. The molecule has 1 amide bonds. The summed E-state index contributed by atoms with van der Waals surface area (Å²) >= 11 is 3.38. The Kier molecular flexibility index (Phi) is 5.33. The number of nitrogens with one attached hydrogen (secondary N) is 1. The number of carbonyl (C=O) groups excluding carboxylic acids is 1. The standard InChI is InChI=1S/C16H18BrN3O/c1-3-20(4-2)15-10-9-12(11-18-15)19-16(21)13-7-5-6-8-14(13)17/h5-11H,3-4H2,1-2H3,(H,19,21). The molecule has 1 aromatic heterocycles. The Morgan fingerprint density at radius 2 is 1.90 bits per heavy atom. The molecule has 0 aliphatic carbocycles. The minimum atomic E-state index is -0.153. The highest BCUT2D eigenvalue weighted by Gasteiger charge is 2.10. The third-order valence-electron chi connectivity index (χ3n) is 3.21. The molecule has 1 aromatic carbocycles. The number of rotatable bonds is 5. The molecule has 0 saturated heterocycles. The highest BCUT2D eigenvalue weighted by molar-refractivity contribution is 9.10. The summed E-state index contributed by atoms with van der Waals surface area (Å²) in [5.41, 5.74) is 1.29. The molecule has 0 aliphatic rings. The van der Waals surface area contributed by atoms with Crippen LogP contribution in [0.2, 0.25) is 0 Å². The van der Waals surface area contributed by atoms with Crippen LogP contribution >= 0.6 is 15.9 Å². The number of pyridine rings is 1. The molecule has 0 saturated carbocycles. The molecule has 0 fully saturated rings. The average Bonchev–Trinajstić information content (AvgIpc) is 2.50. The topological polar surface area (TPSA) is 45.2 Å². The minimum Gasteiger partial charge on any atom is -0.357 e. The van der Waals surface area contributed by atoms with Crippen molar-refractivity contribution in [3.63, 3.8) is 0 Å². The molecule has 1 N–H and O–H groups in total. The van der Waals surface area contributed by atoms with E-state index in [4.69, 9.17) is 0 Å². The van der Waals surface area contributed by atoms with Gasteiger partial charge in [-0.3, -0.25) is 4.79 Å². The van der Waals surface area contributed by atoms with Crippen molar-refractivity contribution in [1.82, 2.24) is 4.98 Å². The SMILES string of the molecule is CCN(CC)c1ccc(NC(=O)c2ccccc2Br)cn1. The van der Waals surface area contributed by atoms with E-state index in [1.54, 1.807) is 12.3 Å². The molecule has 0 bridgehead atoms. The minimum absolute atomic E-state index is 0.153. The monoisotopic (exact) mass is 347 g/mol. The molecule has 5 heteroatoms. The van der Waals surface area contributed by atoms with Gasteiger partial charge in [0.15, 0.2) is 0 Å². The van der Waals surface area contributed by atoms with Gasteiger partial charge in [-0.2, -0.15) is 0 Å². The first-order valence-corrected chi connectivity index (χ1v) is 7.71. The number of hydrogen-bond acceptors (Lipinski definition) is 3. The first-order chi connectivity index (χ1) is 10.2. The lowest BCUT2D eigenvalue weighted by Crippen LogP contribution is -2.22. The van der Waals surface area contributed by atoms with E-state index in [0.29, 0.717) is 11.3 Å². The van der Waals surface area contributed by atoms with Crippen molar-refractivity contribution in [2.45, 2.75) is 13.8 Å². The fourth-order valence-corrected chi connectivity index (χ4v) is 2.50. The van der Waals surface area contributed by atoms with E-state index in [0.717, 1.165) is 23.4 Å². The highest BCUT2D eigenvalue weighted by Crippen LogP contribution is 2.19. The highest BCUT2D eigenvalue weighted by atomic mass is 79.9. The maximum atomic E-state index is 12.2. The van der Waals surface area contributed by atoms with Crippen LogP contribution in [0.5, 0.6) is 0 Å². The van der Waals surface area contributed by atoms with E-state index in [1.807, 2.05) is 30.3 Å². The normalized spacial score (nSPS) is 10.2. The second-order valence-corrected chi connectivity index (χ2v) is 5.37. The predicted molar refractivity (Wildman–Crippen MR) is 89.9 cm³/mol. The number of hydrogen-bond donors (Lipinski definition) is 1. The Morgan fingerprint density at radius 3 is 2.48 bits per heavy atom. The van der Waals surface area contributed by atoms with Gasteiger partial charge >= 0.3 is 0 Å². The number of amides is 1. The van der Waals surface area contributed by atoms with Gasteiger partial charge in [-0.1, -0.05) is 12.1 Å². The molecule has 0 spiro atoms. The molecule has 1 heterocycles. The van der Waals surface area contributed by atoms with Crippen LogP contribution < -0.4 is 10.2 Å². The smallest absolute Gasteiger partial charge is 0.256 e. The van der Waals surface area contributed by atoms with Crippen molar-refractivity contribution in [2.24, 2.45) is 0 Å². The number of carbonyl (C=O) groups is 1. The summed E-state index contributed by atoms with van der Waals surface area (Å²) in [6.45, 7) is 6.00. The van der Waals surface area contributed by atoms with E-state index in [9.17, 15) is 4.79 Å². The summed E-state index contributed by atoms with van der Waals surface area (Å²) in [6, 6.07) is 11.1. The fourth-order valence-electron chi connectivity index (χ4n) is 2.04. The Morgan fingerprint density at radius 1 is 1.19 bits per heavy atom. The van der Waals surface area contributed by atoms with E-state index in [1.165, 1.54) is 0 Å². The van der Waals surface area contributed by atoms with E-state index < -0.39 is 0 Å². The molecule has 21 heavy (non-hydrogen) atoms. The quantitative estimate of drug-likeness (QED) is 0.890. The van der Waals surface area contributed by atoms with E-state index in [-0.39, 0.29) is 5.91 Å². The molecular formula is C16H18BrN3O. The number of anilines is 2. The first-order valence-electron chi connectivity index (χ1n) is 6.92. The van der Waals surface area contributed by atoms with Crippen LogP contribution in [-0.2, 0) is 0 Å². The van der Waals surface area contributed by atoms with Crippen molar-refractivity contribution in [3.8, 4) is 0 Å². The van der Waals surface area contributed by atoms with Gasteiger partial charge in [0.05, 0.1) is 17.4 Å². The molecule has 0 unspecified atom stereocenters. The second-order valence-electron chi connectivity index (χ2n) is 4.51. The second kappa shape index (κ2) is 7.22. The summed E-state index contributed by atoms with van der Waals surface area (Å²) in [7, 11) is 0. The number of aromatic nitrogens is 1. The summed E-state index contributed by atoms with van der Waals surface area (Å²) in [5, 5.41) is 2.85. The Hall–Kier alpha value is -1.88. The van der Waals surface area contributed by atoms with E-state index in [2.05, 4.69) is 45.0 Å². The van der Waals surface area contributed by atoms with E-state index >= 15 is 0 Å². The third-order valence-corrected chi connectivity index (χ3v) is 3.90. The van der Waals surface area contributed by atoms with Crippen LogP contribution in [-0.4, -0.2) is 24.0 Å². The summed E-state index contributed by atoms with van der Waals surface area (Å²) in [6.07, 6.45) is 1.68. The molecule has 2 rings (SSSR count). The zero-order chi connectivity index (χ0) is 15.2. The lowest BCUT2D eigenvalue weighted by molar-refractivity contribution is 0.102. The van der Waals surface area contributed by atoms with Gasteiger partial charge < -0.3 is 10.2 Å². The van der Waals surface area contributed by atoms with Crippen LogP contribution in [0.3, 0.4) is 0 Å². The molecule has 4 nitrogen and oxygen atoms in total. The third kappa shape index (κ3) is 3.82. The van der Waals surface area contributed by atoms with Crippen LogP contribution in [0, 0.1) is 0 Å². The van der Waals surface area contributed by atoms with Crippen LogP contribution in [0.25, 0.3) is 0 Å². The molecular weight excluding hydrogens is 330 g/mol. The van der Waals surface area contributed by atoms with Crippen molar-refractivity contribution < 1.29 is 4.79 Å². The van der Waals surface area contributed by atoms with Gasteiger partial charge in [-0.25, -0.2) is 4.98 Å². The summed E-state index contributed by atoms with van der Waals surface area (Å²) in [5.74, 6) is 0.763. The maximum Gasteiger partial charge on any atom is 0.256 e. The van der Waals surface area contributed by atoms with Crippen LogP contribution in [0.15, 0.2) is 47.1 Å². The fraction of sp³-hybridized carbons (Fsp3) is 0.250. The zero-order valence-electron chi connectivity index (χ0n) is 12.1. The van der Waals surface area contributed by atoms with Crippen molar-refractivity contribution in [2.75, 3.05) is 23.3 Å². The van der Waals surface area contributed by atoms with Crippen molar-refractivity contribution >= 4 is 33.3 Å². The Balaban J connectivity index is 2.10. The molecule has 0 atom stereocenters. The Labute approximate surface area is 133 Å². The molecule has 110 valence electrons. The van der Waals surface area contributed by atoms with Gasteiger partial charge in [0, 0.05) is 17.6 Å². The van der Waals surface area contributed by atoms with Gasteiger partial charge in [0.2, 0.25) is 0 Å². The average molecular weight is 348 g/mol. The van der Waals surface area contributed by atoms with Crippen molar-refractivity contribution in [3.05, 3.63) is 52.6 Å². The maximum absolute atomic E-state index is 12.2. The lowest BCUT2D eigenvalue weighted by atomic mass is 10.2. The summed E-state index contributed by atoms with van der Waals surface area (Å²) in [4.78, 5) is 18.7. The number of halogens is 1. The largest absolute Gasteiger partial charge is 0.357 e. The summed E-state index contributed by atoms with van der Waals surface area (Å²) < 4.78 is 0.773. The molecule has 0 radical (unpaired) electrons. The lowest BCUT2D eigenvalue weighted by Gasteiger charge is -2.19. The zero-order valence-corrected chi connectivity index (χ0v) is 13.7. The van der Waals surface area contributed by atoms with Gasteiger partial charge in [-0.05, 0) is 54.0 Å².